The zero-order chi connectivity index (χ0) is 22.6. The van der Waals surface area contributed by atoms with Crippen LogP contribution in [0.25, 0.3) is 0 Å². The lowest BCUT2D eigenvalue weighted by molar-refractivity contribution is -0.137. The monoisotopic (exact) mass is 455 g/mol. The lowest BCUT2D eigenvalue weighted by Gasteiger charge is -2.31. The normalized spacial score (nSPS) is 16.4. The molecule has 1 fully saturated rings. The van der Waals surface area contributed by atoms with E-state index in [0.717, 1.165) is 33.6 Å². The maximum atomic E-state index is 12.9. The van der Waals surface area contributed by atoms with Gasteiger partial charge in [-0.05, 0) is 43.5 Å². The van der Waals surface area contributed by atoms with Crippen molar-refractivity contribution in [3.8, 4) is 0 Å². The molecule has 0 aliphatic carbocycles. The van der Waals surface area contributed by atoms with Gasteiger partial charge in [0.05, 0.1) is 16.6 Å². The molecule has 0 N–H and O–H groups in total. The van der Waals surface area contributed by atoms with E-state index < -0.39 is 21.8 Å². The fraction of sp³-hybridized carbons (Fsp3) is 0.409. The molecule has 2 aromatic carbocycles. The fourth-order valence-corrected chi connectivity index (χ4v) is 5.05. The lowest BCUT2D eigenvalue weighted by atomic mass is 10.1. The number of carbonyl (C=O) groups is 1. The Labute approximate surface area is 179 Å². The van der Waals surface area contributed by atoms with E-state index in [1.165, 1.54) is 0 Å². The maximum Gasteiger partial charge on any atom is 0.416 e. The number of carbonyl (C=O) groups excluding carboxylic acids is 1. The molecule has 1 aliphatic rings. The van der Waals surface area contributed by atoms with Crippen molar-refractivity contribution in [1.29, 1.82) is 0 Å². The Balaban J connectivity index is 1.52. The summed E-state index contributed by atoms with van der Waals surface area (Å²) in [4.78, 5) is 11.8. The second-order valence-electron chi connectivity index (χ2n) is 7.64. The largest absolute Gasteiger partial charge is 0.416 e. The van der Waals surface area contributed by atoms with Gasteiger partial charge in [0, 0.05) is 19.5 Å². The van der Waals surface area contributed by atoms with E-state index in [4.69, 9.17) is 4.74 Å². The van der Waals surface area contributed by atoms with E-state index in [0.29, 0.717) is 18.9 Å². The molecule has 0 spiro atoms. The molecule has 1 heterocycles. The summed E-state index contributed by atoms with van der Waals surface area (Å²) in [6.07, 6.45) is -3.87. The summed E-state index contributed by atoms with van der Waals surface area (Å²) in [7, 11) is -4.03. The Bertz CT molecular complexity index is 1030. The number of piperidine rings is 1. The van der Waals surface area contributed by atoms with Gasteiger partial charge in [-0.2, -0.15) is 17.5 Å². The number of sulfonamides is 1. The number of aryl methyl sites for hydroxylation is 1. The Kier molecular flexibility index (Phi) is 7.18. The van der Waals surface area contributed by atoms with Crippen LogP contribution in [0.4, 0.5) is 13.2 Å². The zero-order valence-corrected chi connectivity index (χ0v) is 17.9. The van der Waals surface area contributed by atoms with E-state index in [9.17, 15) is 26.4 Å². The number of benzene rings is 2. The van der Waals surface area contributed by atoms with Gasteiger partial charge in [0.25, 0.3) is 0 Å². The summed E-state index contributed by atoms with van der Waals surface area (Å²) in [5.74, 6) is -0.0652. The Morgan fingerprint density at radius 1 is 1.10 bits per heavy atom. The van der Waals surface area contributed by atoms with Gasteiger partial charge in [0.15, 0.2) is 5.78 Å². The third kappa shape index (κ3) is 6.15. The van der Waals surface area contributed by atoms with Crippen molar-refractivity contribution in [2.75, 3.05) is 19.7 Å². The van der Waals surface area contributed by atoms with Crippen molar-refractivity contribution < 1.29 is 31.1 Å². The van der Waals surface area contributed by atoms with Crippen LogP contribution in [-0.4, -0.2) is 44.3 Å². The van der Waals surface area contributed by atoms with Crippen molar-refractivity contribution >= 4 is 15.8 Å². The second kappa shape index (κ2) is 9.50. The third-order valence-electron chi connectivity index (χ3n) is 5.16. The number of alkyl halides is 3. The van der Waals surface area contributed by atoms with Crippen LogP contribution in [0.15, 0.2) is 53.4 Å². The van der Waals surface area contributed by atoms with E-state index in [2.05, 4.69) is 0 Å². The molecule has 2 aromatic rings. The van der Waals surface area contributed by atoms with Crippen LogP contribution in [-0.2, 0) is 32.2 Å². The number of Topliss-reactive ketones (excluding diaryl/α,β-unsaturated/α-hetero) is 1. The molecule has 3 rings (SSSR count). The molecule has 168 valence electrons. The van der Waals surface area contributed by atoms with Gasteiger partial charge >= 0.3 is 6.18 Å². The Hall–Kier alpha value is -2.23. The van der Waals surface area contributed by atoms with Crippen molar-refractivity contribution in [2.45, 2.75) is 43.4 Å². The maximum absolute atomic E-state index is 12.9. The second-order valence-corrected chi connectivity index (χ2v) is 9.58. The van der Waals surface area contributed by atoms with Gasteiger partial charge < -0.3 is 4.74 Å². The van der Waals surface area contributed by atoms with Crippen LogP contribution in [0.2, 0.25) is 0 Å². The molecule has 31 heavy (non-hydrogen) atoms. The van der Waals surface area contributed by atoms with Gasteiger partial charge in [0.2, 0.25) is 10.0 Å². The van der Waals surface area contributed by atoms with Gasteiger partial charge in [-0.3, -0.25) is 4.79 Å². The minimum atomic E-state index is -4.61. The van der Waals surface area contributed by atoms with E-state index in [1.54, 1.807) is 0 Å². The van der Waals surface area contributed by atoms with Crippen LogP contribution in [0, 0.1) is 6.92 Å². The Morgan fingerprint density at radius 3 is 2.42 bits per heavy atom. The van der Waals surface area contributed by atoms with Crippen LogP contribution in [0.5, 0.6) is 0 Å². The number of hydrogen-bond donors (Lipinski definition) is 0. The van der Waals surface area contributed by atoms with Gasteiger partial charge in [0.1, 0.15) is 6.61 Å². The minimum absolute atomic E-state index is 0.0566. The molecule has 1 aliphatic heterocycles. The molecule has 0 amide bonds. The first-order valence-electron chi connectivity index (χ1n) is 9.92. The molecular weight excluding hydrogens is 431 g/mol. The topological polar surface area (TPSA) is 63.7 Å². The molecule has 0 atom stereocenters. The van der Waals surface area contributed by atoms with Crippen molar-refractivity contribution in [3.05, 3.63) is 65.2 Å². The molecule has 0 unspecified atom stereocenters. The SMILES string of the molecule is Cc1cccc(CC(=O)COC2CCN(S(=O)(=O)c3cccc(C(F)(F)F)c3)CC2)c1. The summed E-state index contributed by atoms with van der Waals surface area (Å²) in [6, 6.07) is 11.4. The smallest absolute Gasteiger partial charge is 0.370 e. The number of hydrogen-bond acceptors (Lipinski definition) is 4. The highest BCUT2D eigenvalue weighted by Gasteiger charge is 2.34. The molecular formula is C22H24F3NO4S. The summed E-state index contributed by atoms with van der Waals surface area (Å²) in [5.41, 5.74) is 0.982. The quantitative estimate of drug-likeness (QED) is 0.633. The van der Waals surface area contributed by atoms with E-state index in [-0.39, 0.29) is 42.9 Å². The number of ether oxygens (including phenoxy) is 1. The average molecular weight is 455 g/mol. The first-order chi connectivity index (χ1) is 14.6. The van der Waals surface area contributed by atoms with Crippen molar-refractivity contribution in [1.82, 2.24) is 4.31 Å². The number of halogens is 3. The standard InChI is InChI=1S/C22H24F3NO4S/c1-16-4-2-5-17(12-16)13-19(27)15-30-20-8-10-26(11-9-20)31(28,29)21-7-3-6-18(14-21)22(23,24)25/h2-7,12,14,20H,8-11,13,15H2,1H3. The first kappa shape index (κ1) is 23.4. The van der Waals surface area contributed by atoms with Crippen LogP contribution < -0.4 is 0 Å². The van der Waals surface area contributed by atoms with Crippen molar-refractivity contribution in [2.24, 2.45) is 0 Å². The molecule has 9 heteroatoms. The Morgan fingerprint density at radius 2 is 1.77 bits per heavy atom. The average Bonchev–Trinajstić information content (AvgIpc) is 2.72. The summed E-state index contributed by atoms with van der Waals surface area (Å²) >= 11 is 0. The highest BCUT2D eigenvalue weighted by molar-refractivity contribution is 7.89. The molecule has 5 nitrogen and oxygen atoms in total. The predicted octanol–water partition coefficient (Wildman–Crippen LogP) is 4.00. The molecule has 1 saturated heterocycles. The highest BCUT2D eigenvalue weighted by atomic mass is 32.2. The molecule has 0 radical (unpaired) electrons. The molecule has 0 bridgehead atoms. The van der Waals surface area contributed by atoms with Crippen molar-refractivity contribution in [3.63, 3.8) is 0 Å². The molecule has 0 saturated carbocycles. The van der Waals surface area contributed by atoms with Crippen LogP contribution >= 0.6 is 0 Å². The summed E-state index contributed by atoms with van der Waals surface area (Å²) < 4.78 is 71.0. The zero-order valence-electron chi connectivity index (χ0n) is 17.1. The summed E-state index contributed by atoms with van der Waals surface area (Å²) in [5, 5.41) is 0. The lowest BCUT2D eigenvalue weighted by Crippen LogP contribution is -2.41. The highest BCUT2D eigenvalue weighted by Crippen LogP contribution is 2.31. The first-order valence-corrected chi connectivity index (χ1v) is 11.4. The van der Waals surface area contributed by atoms with E-state index >= 15 is 0 Å². The van der Waals surface area contributed by atoms with Crippen LogP contribution in [0.1, 0.15) is 29.5 Å². The minimum Gasteiger partial charge on any atom is -0.370 e. The summed E-state index contributed by atoms with van der Waals surface area (Å²) in [6.45, 7) is 2.13. The van der Waals surface area contributed by atoms with Crippen LogP contribution in [0.3, 0.4) is 0 Å². The van der Waals surface area contributed by atoms with Gasteiger partial charge in [-0.25, -0.2) is 8.42 Å². The van der Waals surface area contributed by atoms with Gasteiger partial charge in [-0.1, -0.05) is 35.9 Å². The number of ketones is 1. The number of rotatable bonds is 7. The van der Waals surface area contributed by atoms with Gasteiger partial charge in [-0.15, -0.1) is 0 Å². The fourth-order valence-electron chi connectivity index (χ4n) is 3.53. The number of nitrogens with zero attached hydrogens (tertiary/aromatic N) is 1. The predicted molar refractivity (Wildman–Crippen MR) is 109 cm³/mol. The third-order valence-corrected chi connectivity index (χ3v) is 7.06. The molecule has 0 aromatic heterocycles. The van der Waals surface area contributed by atoms with E-state index in [1.807, 2.05) is 31.2 Å².